The van der Waals surface area contributed by atoms with Crippen molar-refractivity contribution < 1.29 is 14.3 Å². The van der Waals surface area contributed by atoms with Crippen molar-refractivity contribution in [3.63, 3.8) is 0 Å². The quantitative estimate of drug-likeness (QED) is 0.821. The van der Waals surface area contributed by atoms with E-state index in [1.807, 2.05) is 50.4 Å². The molecule has 23 heavy (non-hydrogen) atoms. The van der Waals surface area contributed by atoms with Crippen LogP contribution in [0.15, 0.2) is 29.6 Å². The third-order valence-electron chi connectivity index (χ3n) is 3.39. The van der Waals surface area contributed by atoms with Gasteiger partial charge in [0, 0.05) is 16.9 Å². The van der Waals surface area contributed by atoms with E-state index < -0.39 is 5.97 Å². The number of amides is 1. The molecule has 0 aliphatic carbocycles. The molecule has 0 radical (unpaired) electrons. The molecule has 1 aromatic heterocycles. The van der Waals surface area contributed by atoms with Gasteiger partial charge < -0.3 is 10.1 Å². The minimum atomic E-state index is -0.414. The van der Waals surface area contributed by atoms with Crippen LogP contribution in [0.4, 0.5) is 5.00 Å². The maximum Gasteiger partial charge on any atom is 0.341 e. The smallest absolute Gasteiger partial charge is 0.341 e. The minimum absolute atomic E-state index is 0.118. The Balaban J connectivity index is 2.46. The lowest BCUT2D eigenvalue weighted by Gasteiger charge is -2.10. The monoisotopic (exact) mass is 331 g/mol. The van der Waals surface area contributed by atoms with Crippen molar-refractivity contribution in [3.8, 4) is 11.1 Å². The topological polar surface area (TPSA) is 55.4 Å². The van der Waals surface area contributed by atoms with Gasteiger partial charge in [-0.3, -0.25) is 4.79 Å². The van der Waals surface area contributed by atoms with Crippen molar-refractivity contribution in [2.75, 3.05) is 11.9 Å². The average molecular weight is 331 g/mol. The molecule has 2 aromatic rings. The summed E-state index contributed by atoms with van der Waals surface area (Å²) >= 11 is 1.34. The van der Waals surface area contributed by atoms with Crippen molar-refractivity contribution in [1.29, 1.82) is 0 Å². The van der Waals surface area contributed by atoms with Crippen molar-refractivity contribution in [2.45, 2.75) is 27.7 Å². The maximum atomic E-state index is 12.4. The number of nitrogens with one attached hydrogen (secondary N) is 1. The van der Waals surface area contributed by atoms with Gasteiger partial charge in [-0.05, 0) is 19.4 Å². The molecule has 1 N–H and O–H groups in total. The predicted molar refractivity (Wildman–Crippen MR) is 93.9 cm³/mol. The van der Waals surface area contributed by atoms with Gasteiger partial charge in [0.1, 0.15) is 10.6 Å². The molecule has 2 rings (SSSR count). The lowest BCUT2D eigenvalue weighted by Crippen LogP contribution is -2.19. The molecule has 0 saturated heterocycles. The van der Waals surface area contributed by atoms with Crippen molar-refractivity contribution in [3.05, 3.63) is 40.8 Å². The zero-order valence-electron chi connectivity index (χ0n) is 13.8. The van der Waals surface area contributed by atoms with Crippen LogP contribution in [0.5, 0.6) is 0 Å². The van der Waals surface area contributed by atoms with Crippen LogP contribution < -0.4 is 5.32 Å². The predicted octanol–water partition coefficient (Wildman–Crippen LogP) is 4.49. The zero-order chi connectivity index (χ0) is 17.0. The molecule has 5 heteroatoms. The van der Waals surface area contributed by atoms with Gasteiger partial charge in [-0.1, -0.05) is 43.7 Å². The summed E-state index contributed by atoms with van der Waals surface area (Å²) in [5.41, 5.74) is 3.29. The zero-order valence-corrected chi connectivity index (χ0v) is 14.6. The van der Waals surface area contributed by atoms with E-state index in [-0.39, 0.29) is 11.8 Å². The SMILES string of the molecule is CCOC(=O)c1c(-c2ccc(C)cc2)csc1NC(=O)C(C)C. The Morgan fingerprint density at radius 3 is 2.43 bits per heavy atom. The van der Waals surface area contributed by atoms with Crippen LogP contribution in [-0.2, 0) is 9.53 Å². The third-order valence-corrected chi connectivity index (χ3v) is 4.29. The number of carbonyl (C=O) groups excluding carboxylic acids is 2. The molecule has 0 aliphatic rings. The van der Waals surface area contributed by atoms with Gasteiger partial charge in [0.05, 0.1) is 6.61 Å². The Labute approximate surface area is 140 Å². The number of anilines is 1. The summed E-state index contributed by atoms with van der Waals surface area (Å²) < 4.78 is 5.17. The Morgan fingerprint density at radius 1 is 1.22 bits per heavy atom. The number of hydrogen-bond donors (Lipinski definition) is 1. The first-order valence-corrected chi connectivity index (χ1v) is 8.48. The summed E-state index contributed by atoms with van der Waals surface area (Å²) in [5.74, 6) is -0.689. The van der Waals surface area contributed by atoms with Crippen LogP contribution in [0, 0.1) is 12.8 Å². The molecule has 4 nitrogen and oxygen atoms in total. The Kier molecular flexibility index (Phi) is 5.55. The van der Waals surface area contributed by atoms with Gasteiger partial charge in [-0.2, -0.15) is 0 Å². The lowest BCUT2D eigenvalue weighted by molar-refractivity contribution is -0.118. The minimum Gasteiger partial charge on any atom is -0.462 e. The number of rotatable bonds is 5. The van der Waals surface area contributed by atoms with Gasteiger partial charge in [0.25, 0.3) is 0 Å². The van der Waals surface area contributed by atoms with Gasteiger partial charge in [0.2, 0.25) is 5.91 Å². The Morgan fingerprint density at radius 2 is 1.87 bits per heavy atom. The second-order valence-electron chi connectivity index (χ2n) is 5.58. The van der Waals surface area contributed by atoms with Crippen LogP contribution in [-0.4, -0.2) is 18.5 Å². The number of benzene rings is 1. The van der Waals surface area contributed by atoms with Crippen LogP contribution >= 0.6 is 11.3 Å². The third kappa shape index (κ3) is 3.99. The second kappa shape index (κ2) is 7.42. The van der Waals surface area contributed by atoms with Crippen LogP contribution in [0.2, 0.25) is 0 Å². The number of esters is 1. The molecular formula is C18H21NO3S. The summed E-state index contributed by atoms with van der Waals surface area (Å²) in [6.45, 7) is 7.70. The van der Waals surface area contributed by atoms with Crippen LogP contribution in [0.25, 0.3) is 11.1 Å². The Hall–Kier alpha value is -2.14. The summed E-state index contributed by atoms with van der Waals surface area (Å²) in [5, 5.41) is 5.25. The molecule has 0 atom stereocenters. The summed E-state index contributed by atoms with van der Waals surface area (Å²) in [4.78, 5) is 24.4. The summed E-state index contributed by atoms with van der Waals surface area (Å²) in [7, 11) is 0. The molecule has 0 spiro atoms. The van der Waals surface area contributed by atoms with Gasteiger partial charge in [-0.25, -0.2) is 4.79 Å². The van der Waals surface area contributed by atoms with E-state index in [1.165, 1.54) is 11.3 Å². The molecule has 0 unspecified atom stereocenters. The maximum absolute atomic E-state index is 12.4. The molecule has 0 bridgehead atoms. The molecule has 122 valence electrons. The van der Waals surface area contributed by atoms with Gasteiger partial charge >= 0.3 is 5.97 Å². The molecular weight excluding hydrogens is 310 g/mol. The standard InChI is InChI=1S/C18H21NO3S/c1-5-22-18(21)15-14(13-8-6-12(4)7-9-13)10-23-17(15)19-16(20)11(2)3/h6-11H,5H2,1-4H3,(H,19,20). The van der Waals surface area contributed by atoms with Crippen LogP contribution in [0.1, 0.15) is 36.7 Å². The first-order chi connectivity index (χ1) is 10.9. The van der Waals surface area contributed by atoms with E-state index in [0.717, 1.165) is 16.7 Å². The highest BCUT2D eigenvalue weighted by Crippen LogP contribution is 2.36. The van der Waals surface area contributed by atoms with Crippen molar-refractivity contribution in [2.24, 2.45) is 5.92 Å². The normalized spacial score (nSPS) is 10.7. The fourth-order valence-corrected chi connectivity index (χ4v) is 3.02. The van der Waals surface area contributed by atoms with Crippen molar-refractivity contribution in [1.82, 2.24) is 0 Å². The number of thiophene rings is 1. The largest absolute Gasteiger partial charge is 0.462 e. The van der Waals surface area contributed by atoms with E-state index in [0.29, 0.717) is 17.2 Å². The number of aryl methyl sites for hydroxylation is 1. The van der Waals surface area contributed by atoms with E-state index >= 15 is 0 Å². The highest BCUT2D eigenvalue weighted by molar-refractivity contribution is 7.15. The van der Waals surface area contributed by atoms with Gasteiger partial charge in [0.15, 0.2) is 0 Å². The van der Waals surface area contributed by atoms with E-state index in [4.69, 9.17) is 4.74 Å². The van der Waals surface area contributed by atoms with Gasteiger partial charge in [-0.15, -0.1) is 11.3 Å². The lowest BCUT2D eigenvalue weighted by atomic mass is 10.0. The van der Waals surface area contributed by atoms with E-state index in [1.54, 1.807) is 6.92 Å². The van der Waals surface area contributed by atoms with Crippen molar-refractivity contribution >= 4 is 28.2 Å². The number of ether oxygens (including phenoxy) is 1. The first-order valence-electron chi connectivity index (χ1n) is 7.60. The number of hydrogen-bond acceptors (Lipinski definition) is 4. The average Bonchev–Trinajstić information content (AvgIpc) is 2.91. The second-order valence-corrected chi connectivity index (χ2v) is 6.46. The van der Waals surface area contributed by atoms with Crippen LogP contribution in [0.3, 0.4) is 0 Å². The molecule has 1 aromatic carbocycles. The van der Waals surface area contributed by atoms with E-state index in [2.05, 4.69) is 5.32 Å². The molecule has 0 fully saturated rings. The molecule has 0 saturated carbocycles. The molecule has 1 heterocycles. The highest BCUT2D eigenvalue weighted by Gasteiger charge is 2.23. The number of carbonyl (C=O) groups is 2. The fourth-order valence-electron chi connectivity index (χ4n) is 2.06. The fraction of sp³-hybridized carbons (Fsp3) is 0.333. The molecule has 1 amide bonds. The first kappa shape index (κ1) is 17.2. The highest BCUT2D eigenvalue weighted by atomic mass is 32.1. The summed E-state index contributed by atoms with van der Waals surface area (Å²) in [6, 6.07) is 7.92. The summed E-state index contributed by atoms with van der Waals surface area (Å²) in [6.07, 6.45) is 0. The molecule has 0 aliphatic heterocycles. The Bertz CT molecular complexity index is 702. The van der Waals surface area contributed by atoms with E-state index in [9.17, 15) is 9.59 Å².